The molecule has 5 nitrogen and oxygen atoms in total. The van der Waals surface area contributed by atoms with E-state index in [1.54, 1.807) is 7.11 Å². The molecule has 2 amide bonds. The lowest BCUT2D eigenvalue weighted by Gasteiger charge is -2.34. The Morgan fingerprint density at radius 3 is 2.57 bits per heavy atom. The number of hydrogen-bond donors (Lipinski definition) is 1. The van der Waals surface area contributed by atoms with Crippen LogP contribution in [0.4, 0.5) is 10.5 Å². The number of benzene rings is 1. The van der Waals surface area contributed by atoms with E-state index in [1.807, 2.05) is 17.9 Å². The van der Waals surface area contributed by atoms with Crippen molar-refractivity contribution in [2.45, 2.75) is 26.7 Å². The minimum atomic E-state index is 0.00703. The molecule has 1 N–H and O–H groups in total. The SMILES string of the molecule is COCCN1CCN(C(=O)Nc2c(C)cccc2C(C)C)CC1. The summed E-state index contributed by atoms with van der Waals surface area (Å²) in [6.07, 6.45) is 0. The number of aryl methyl sites for hydroxylation is 1. The zero-order valence-electron chi connectivity index (χ0n) is 14.8. The maximum atomic E-state index is 12.6. The minimum Gasteiger partial charge on any atom is -0.383 e. The number of amides is 2. The molecule has 0 aromatic heterocycles. The number of urea groups is 1. The molecule has 1 aromatic carbocycles. The molecular weight excluding hydrogens is 290 g/mol. The van der Waals surface area contributed by atoms with Crippen LogP contribution < -0.4 is 5.32 Å². The lowest BCUT2D eigenvalue weighted by molar-refractivity contribution is 0.109. The molecule has 1 saturated heterocycles. The number of nitrogens with zero attached hydrogens (tertiary/aromatic N) is 2. The number of nitrogens with one attached hydrogen (secondary N) is 1. The van der Waals surface area contributed by atoms with Gasteiger partial charge in [-0.05, 0) is 24.0 Å². The van der Waals surface area contributed by atoms with E-state index in [9.17, 15) is 4.79 Å². The summed E-state index contributed by atoms with van der Waals surface area (Å²) in [5, 5.41) is 3.13. The van der Waals surface area contributed by atoms with Gasteiger partial charge in [-0.15, -0.1) is 0 Å². The van der Waals surface area contributed by atoms with Crippen LogP contribution >= 0.6 is 0 Å². The monoisotopic (exact) mass is 319 g/mol. The van der Waals surface area contributed by atoms with E-state index < -0.39 is 0 Å². The van der Waals surface area contributed by atoms with Crippen molar-refractivity contribution in [1.82, 2.24) is 9.80 Å². The van der Waals surface area contributed by atoms with Crippen LogP contribution in [0.15, 0.2) is 18.2 Å². The molecule has 1 aromatic rings. The Balaban J connectivity index is 1.96. The molecule has 5 heteroatoms. The third-order valence-corrected chi connectivity index (χ3v) is 4.43. The van der Waals surface area contributed by atoms with E-state index in [0.29, 0.717) is 5.92 Å². The second kappa shape index (κ2) is 8.31. The fourth-order valence-corrected chi connectivity index (χ4v) is 2.92. The van der Waals surface area contributed by atoms with Crippen molar-refractivity contribution in [3.8, 4) is 0 Å². The maximum Gasteiger partial charge on any atom is 0.321 e. The summed E-state index contributed by atoms with van der Waals surface area (Å²) in [6, 6.07) is 6.20. The standard InChI is InChI=1S/C18H29N3O2/c1-14(2)16-7-5-6-15(3)17(16)19-18(22)21-10-8-20(9-11-21)12-13-23-4/h5-7,14H,8-13H2,1-4H3,(H,19,22). The number of methoxy groups -OCH3 is 1. The molecule has 0 unspecified atom stereocenters. The third kappa shape index (κ3) is 4.69. The maximum absolute atomic E-state index is 12.6. The lowest BCUT2D eigenvalue weighted by atomic mass is 9.98. The van der Waals surface area contributed by atoms with E-state index in [2.05, 4.69) is 36.2 Å². The molecule has 0 spiro atoms. The summed E-state index contributed by atoms with van der Waals surface area (Å²) in [6.45, 7) is 11.4. The topological polar surface area (TPSA) is 44.8 Å². The Labute approximate surface area is 139 Å². The molecule has 2 rings (SSSR count). The zero-order valence-corrected chi connectivity index (χ0v) is 14.8. The number of carbonyl (C=O) groups excluding carboxylic acids is 1. The zero-order chi connectivity index (χ0) is 16.8. The second-order valence-electron chi connectivity index (χ2n) is 6.45. The molecule has 1 fully saturated rings. The predicted molar refractivity (Wildman–Crippen MR) is 94.2 cm³/mol. The van der Waals surface area contributed by atoms with Gasteiger partial charge in [0.05, 0.1) is 6.61 Å². The van der Waals surface area contributed by atoms with Crippen molar-refractivity contribution < 1.29 is 9.53 Å². The van der Waals surface area contributed by atoms with Crippen LogP contribution in [-0.2, 0) is 4.74 Å². The van der Waals surface area contributed by atoms with E-state index in [-0.39, 0.29) is 6.03 Å². The summed E-state index contributed by atoms with van der Waals surface area (Å²) < 4.78 is 5.11. The van der Waals surface area contributed by atoms with E-state index in [1.165, 1.54) is 5.56 Å². The van der Waals surface area contributed by atoms with Gasteiger partial charge in [-0.1, -0.05) is 32.0 Å². The lowest BCUT2D eigenvalue weighted by Crippen LogP contribution is -2.50. The van der Waals surface area contributed by atoms with Crippen molar-refractivity contribution >= 4 is 11.7 Å². The number of anilines is 1. The summed E-state index contributed by atoms with van der Waals surface area (Å²) >= 11 is 0. The number of piperazine rings is 1. The Kier molecular flexibility index (Phi) is 6.42. The first-order valence-corrected chi connectivity index (χ1v) is 8.39. The highest BCUT2D eigenvalue weighted by Gasteiger charge is 2.22. The van der Waals surface area contributed by atoms with Gasteiger partial charge in [0.1, 0.15) is 0 Å². The van der Waals surface area contributed by atoms with Crippen molar-refractivity contribution in [1.29, 1.82) is 0 Å². The van der Waals surface area contributed by atoms with Gasteiger partial charge in [0.15, 0.2) is 0 Å². The predicted octanol–water partition coefficient (Wildman–Crippen LogP) is 2.91. The molecule has 1 aliphatic rings. The molecule has 0 saturated carbocycles. The van der Waals surface area contributed by atoms with Crippen LogP contribution in [0.3, 0.4) is 0 Å². The molecule has 0 bridgehead atoms. The van der Waals surface area contributed by atoms with Crippen LogP contribution in [0, 0.1) is 6.92 Å². The summed E-state index contributed by atoms with van der Waals surface area (Å²) in [5.74, 6) is 0.385. The average molecular weight is 319 g/mol. The van der Waals surface area contributed by atoms with E-state index in [4.69, 9.17) is 4.74 Å². The van der Waals surface area contributed by atoms with Crippen LogP contribution in [0.25, 0.3) is 0 Å². The van der Waals surface area contributed by atoms with Crippen molar-refractivity contribution in [3.63, 3.8) is 0 Å². The van der Waals surface area contributed by atoms with Crippen LogP contribution in [0.1, 0.15) is 30.9 Å². The van der Waals surface area contributed by atoms with Gasteiger partial charge in [0, 0.05) is 45.5 Å². The highest BCUT2D eigenvalue weighted by atomic mass is 16.5. The van der Waals surface area contributed by atoms with E-state index >= 15 is 0 Å². The molecule has 1 heterocycles. The molecule has 0 aliphatic carbocycles. The van der Waals surface area contributed by atoms with Crippen molar-refractivity contribution in [2.75, 3.05) is 51.8 Å². The number of carbonyl (C=O) groups is 1. The van der Waals surface area contributed by atoms with Gasteiger partial charge in [0.25, 0.3) is 0 Å². The third-order valence-electron chi connectivity index (χ3n) is 4.43. The van der Waals surface area contributed by atoms with Gasteiger partial charge < -0.3 is 15.0 Å². The molecule has 128 valence electrons. The molecule has 1 aliphatic heterocycles. The van der Waals surface area contributed by atoms with Crippen molar-refractivity contribution in [2.24, 2.45) is 0 Å². The minimum absolute atomic E-state index is 0.00703. The normalized spacial score (nSPS) is 16.0. The number of rotatable bonds is 5. The number of hydrogen-bond acceptors (Lipinski definition) is 3. The highest BCUT2D eigenvalue weighted by Crippen LogP contribution is 2.27. The van der Waals surface area contributed by atoms with Crippen LogP contribution in [-0.4, -0.2) is 62.3 Å². The van der Waals surface area contributed by atoms with Gasteiger partial charge >= 0.3 is 6.03 Å². The average Bonchev–Trinajstić information content (AvgIpc) is 2.55. The van der Waals surface area contributed by atoms with Crippen molar-refractivity contribution in [3.05, 3.63) is 29.3 Å². The molecule has 0 atom stereocenters. The van der Waals surface area contributed by atoms with Gasteiger partial charge in [-0.3, -0.25) is 4.90 Å². The molecular formula is C18H29N3O2. The molecule has 0 radical (unpaired) electrons. The summed E-state index contributed by atoms with van der Waals surface area (Å²) in [4.78, 5) is 16.8. The first kappa shape index (κ1) is 17.8. The second-order valence-corrected chi connectivity index (χ2v) is 6.45. The van der Waals surface area contributed by atoms with Gasteiger partial charge in [0.2, 0.25) is 0 Å². The smallest absolute Gasteiger partial charge is 0.321 e. The fourth-order valence-electron chi connectivity index (χ4n) is 2.92. The summed E-state index contributed by atoms with van der Waals surface area (Å²) in [7, 11) is 1.72. The fraction of sp³-hybridized carbons (Fsp3) is 0.611. The van der Waals surface area contributed by atoms with Gasteiger partial charge in [-0.25, -0.2) is 4.79 Å². The summed E-state index contributed by atoms with van der Waals surface area (Å²) in [5.41, 5.74) is 3.27. The largest absolute Gasteiger partial charge is 0.383 e. The van der Waals surface area contributed by atoms with Gasteiger partial charge in [-0.2, -0.15) is 0 Å². The van der Waals surface area contributed by atoms with Crippen LogP contribution in [0.5, 0.6) is 0 Å². The highest BCUT2D eigenvalue weighted by molar-refractivity contribution is 5.91. The first-order chi connectivity index (χ1) is 11.0. The quantitative estimate of drug-likeness (QED) is 0.907. The van der Waals surface area contributed by atoms with E-state index in [0.717, 1.165) is 50.6 Å². The Bertz CT molecular complexity index is 523. The first-order valence-electron chi connectivity index (χ1n) is 8.39. The Morgan fingerprint density at radius 1 is 1.26 bits per heavy atom. The number of ether oxygens (including phenoxy) is 1. The Morgan fingerprint density at radius 2 is 1.96 bits per heavy atom. The molecule has 23 heavy (non-hydrogen) atoms. The number of para-hydroxylation sites is 1. The Hall–Kier alpha value is -1.59. The van der Waals surface area contributed by atoms with Crippen LogP contribution in [0.2, 0.25) is 0 Å².